The first-order valence-electron chi connectivity index (χ1n) is 8.47. The summed E-state index contributed by atoms with van der Waals surface area (Å²) in [5, 5.41) is 11.5. The number of amides is 1. The quantitative estimate of drug-likeness (QED) is 0.580. The Morgan fingerprint density at radius 2 is 1.76 bits per heavy atom. The van der Waals surface area contributed by atoms with E-state index in [4.69, 9.17) is 14.6 Å². The van der Waals surface area contributed by atoms with Crippen LogP contribution in [-0.2, 0) is 14.3 Å². The largest absolute Gasteiger partial charge is 0.481 e. The number of benzene rings is 1. The van der Waals surface area contributed by atoms with E-state index in [0.717, 1.165) is 25.7 Å². The van der Waals surface area contributed by atoms with Crippen LogP contribution >= 0.6 is 0 Å². The lowest BCUT2D eigenvalue weighted by Gasteiger charge is -2.22. The molecule has 136 valence electrons. The molecule has 0 aromatic heterocycles. The average Bonchev–Trinajstić information content (AvgIpc) is 2.61. The summed E-state index contributed by atoms with van der Waals surface area (Å²) in [7, 11) is 0. The summed E-state index contributed by atoms with van der Waals surface area (Å²) < 4.78 is 9.98. The summed E-state index contributed by atoms with van der Waals surface area (Å²) in [6.07, 6.45) is 2.76. The molecule has 0 saturated heterocycles. The van der Waals surface area contributed by atoms with Gasteiger partial charge in [0.1, 0.15) is 6.42 Å². The molecule has 1 aliphatic rings. The Bertz CT molecular complexity index is 582. The van der Waals surface area contributed by atoms with E-state index >= 15 is 0 Å². The average molecular weight is 349 g/mol. The Labute approximate surface area is 146 Å². The van der Waals surface area contributed by atoms with Crippen LogP contribution in [0.4, 0.5) is 4.79 Å². The molecule has 7 nitrogen and oxygen atoms in total. The predicted octanol–water partition coefficient (Wildman–Crippen LogP) is 2.95. The highest BCUT2D eigenvalue weighted by Gasteiger charge is 2.23. The maximum Gasteiger partial charge on any atom is 0.410 e. The van der Waals surface area contributed by atoms with E-state index in [1.807, 2.05) is 0 Å². The number of carbonyl (C=O) groups excluding carboxylic acids is 2. The number of carbonyl (C=O) groups is 3. The van der Waals surface area contributed by atoms with Gasteiger partial charge in [0.05, 0.1) is 5.56 Å². The van der Waals surface area contributed by atoms with Gasteiger partial charge in [0, 0.05) is 6.54 Å². The van der Waals surface area contributed by atoms with Crippen LogP contribution in [0.1, 0.15) is 48.9 Å². The number of rotatable bonds is 7. The molecule has 0 radical (unpaired) electrons. The van der Waals surface area contributed by atoms with Crippen molar-refractivity contribution in [3.63, 3.8) is 0 Å². The third-order valence-corrected chi connectivity index (χ3v) is 4.09. The van der Waals surface area contributed by atoms with E-state index in [1.165, 1.54) is 18.6 Å². The van der Waals surface area contributed by atoms with Gasteiger partial charge in [0.25, 0.3) is 6.29 Å². The third kappa shape index (κ3) is 6.82. The lowest BCUT2D eigenvalue weighted by Crippen LogP contribution is -2.35. The van der Waals surface area contributed by atoms with E-state index < -0.39 is 30.7 Å². The topological polar surface area (TPSA) is 102 Å². The zero-order valence-electron chi connectivity index (χ0n) is 14.0. The fourth-order valence-corrected chi connectivity index (χ4v) is 2.79. The number of ether oxygens (including phenoxy) is 2. The van der Waals surface area contributed by atoms with E-state index in [0.29, 0.717) is 12.5 Å². The third-order valence-electron chi connectivity index (χ3n) is 4.09. The molecule has 1 aliphatic carbocycles. The molecule has 1 fully saturated rings. The number of nitrogens with one attached hydrogen (secondary N) is 1. The Hall–Kier alpha value is -2.57. The van der Waals surface area contributed by atoms with Crippen LogP contribution in [-0.4, -0.2) is 36.0 Å². The molecule has 0 spiro atoms. The normalized spacial score (nSPS) is 15.8. The number of carboxylic acid groups (broad SMARTS) is 1. The minimum atomic E-state index is -1.48. The molecule has 2 rings (SSSR count). The zero-order chi connectivity index (χ0) is 18.1. The molecule has 1 aromatic carbocycles. The molecule has 0 heterocycles. The van der Waals surface area contributed by atoms with Gasteiger partial charge in [-0.3, -0.25) is 4.79 Å². The molecule has 1 amide bonds. The summed E-state index contributed by atoms with van der Waals surface area (Å²) >= 11 is 0. The molecule has 0 bridgehead atoms. The number of hydrogen-bond acceptors (Lipinski definition) is 5. The maximum atomic E-state index is 12.0. The van der Waals surface area contributed by atoms with Crippen molar-refractivity contribution in [2.75, 3.05) is 6.54 Å². The van der Waals surface area contributed by atoms with Gasteiger partial charge >= 0.3 is 18.0 Å². The fourth-order valence-electron chi connectivity index (χ4n) is 2.79. The SMILES string of the molecule is O=C(O)CC(OC(=O)NCC1CCCCC1)OC(=O)c1ccccc1. The number of esters is 1. The minimum absolute atomic E-state index is 0.254. The molecule has 0 aliphatic heterocycles. The molecular weight excluding hydrogens is 326 g/mol. The Morgan fingerprint density at radius 1 is 1.08 bits per heavy atom. The molecule has 2 N–H and O–H groups in total. The van der Waals surface area contributed by atoms with E-state index in [-0.39, 0.29) is 5.56 Å². The van der Waals surface area contributed by atoms with Crippen LogP contribution < -0.4 is 5.32 Å². The number of aliphatic carboxylic acids is 1. The first kappa shape index (κ1) is 18.8. The lowest BCUT2D eigenvalue weighted by molar-refractivity contribution is -0.146. The van der Waals surface area contributed by atoms with Crippen molar-refractivity contribution in [2.45, 2.75) is 44.8 Å². The van der Waals surface area contributed by atoms with E-state index in [1.54, 1.807) is 18.2 Å². The van der Waals surface area contributed by atoms with Crippen molar-refractivity contribution >= 4 is 18.0 Å². The number of hydrogen-bond donors (Lipinski definition) is 2. The van der Waals surface area contributed by atoms with Gasteiger partial charge < -0.3 is 19.9 Å². The fraction of sp³-hybridized carbons (Fsp3) is 0.500. The van der Waals surface area contributed by atoms with E-state index in [9.17, 15) is 14.4 Å². The second-order valence-corrected chi connectivity index (χ2v) is 6.09. The Balaban J connectivity index is 1.84. The van der Waals surface area contributed by atoms with Crippen LogP contribution in [0.25, 0.3) is 0 Å². The van der Waals surface area contributed by atoms with E-state index in [2.05, 4.69) is 5.32 Å². The van der Waals surface area contributed by atoms with Crippen molar-refractivity contribution in [2.24, 2.45) is 5.92 Å². The predicted molar refractivity (Wildman–Crippen MR) is 89.0 cm³/mol. The van der Waals surface area contributed by atoms with Gasteiger partial charge in [0.15, 0.2) is 0 Å². The van der Waals surface area contributed by atoms with Crippen molar-refractivity contribution in [3.8, 4) is 0 Å². The van der Waals surface area contributed by atoms with Crippen molar-refractivity contribution < 1.29 is 29.0 Å². The molecule has 1 atom stereocenters. The van der Waals surface area contributed by atoms with Crippen molar-refractivity contribution in [1.29, 1.82) is 0 Å². The second kappa shape index (κ2) is 9.66. The van der Waals surface area contributed by atoms with Gasteiger partial charge in [0.2, 0.25) is 0 Å². The number of alkyl carbamates (subject to hydrolysis) is 1. The smallest absolute Gasteiger partial charge is 0.410 e. The van der Waals surface area contributed by atoms with Crippen LogP contribution in [0.5, 0.6) is 0 Å². The highest BCUT2D eigenvalue weighted by atomic mass is 16.7. The minimum Gasteiger partial charge on any atom is -0.481 e. The van der Waals surface area contributed by atoms with Gasteiger partial charge in [-0.25, -0.2) is 9.59 Å². The standard InChI is InChI=1S/C18H23NO6/c20-15(21)11-16(24-17(22)14-9-5-2-6-10-14)25-18(23)19-12-13-7-3-1-4-8-13/h2,5-6,9-10,13,16H,1,3-4,7-8,11-12H2,(H,19,23)(H,20,21). The highest BCUT2D eigenvalue weighted by Crippen LogP contribution is 2.22. The van der Waals surface area contributed by atoms with Gasteiger partial charge in [-0.05, 0) is 30.9 Å². The molecule has 1 unspecified atom stereocenters. The second-order valence-electron chi connectivity index (χ2n) is 6.09. The van der Waals surface area contributed by atoms with Gasteiger partial charge in [-0.2, -0.15) is 0 Å². The first-order chi connectivity index (χ1) is 12.0. The lowest BCUT2D eigenvalue weighted by atomic mass is 9.89. The van der Waals surface area contributed by atoms with Gasteiger partial charge in [-0.15, -0.1) is 0 Å². The van der Waals surface area contributed by atoms with Crippen LogP contribution in [0.3, 0.4) is 0 Å². The zero-order valence-corrected chi connectivity index (χ0v) is 14.0. The summed E-state index contributed by atoms with van der Waals surface area (Å²) in [6.45, 7) is 0.477. The summed E-state index contributed by atoms with van der Waals surface area (Å²) in [5.74, 6) is -1.57. The van der Waals surface area contributed by atoms with Crippen molar-refractivity contribution in [3.05, 3.63) is 35.9 Å². The first-order valence-corrected chi connectivity index (χ1v) is 8.47. The number of carboxylic acids is 1. The van der Waals surface area contributed by atoms with Crippen LogP contribution in [0.15, 0.2) is 30.3 Å². The summed E-state index contributed by atoms with van der Waals surface area (Å²) in [5.41, 5.74) is 0.254. The van der Waals surface area contributed by atoms with Gasteiger partial charge in [-0.1, -0.05) is 37.5 Å². The Kier molecular flexibility index (Phi) is 7.25. The monoisotopic (exact) mass is 349 g/mol. The molecule has 25 heavy (non-hydrogen) atoms. The van der Waals surface area contributed by atoms with Crippen LogP contribution in [0.2, 0.25) is 0 Å². The highest BCUT2D eigenvalue weighted by molar-refractivity contribution is 5.89. The molecule has 1 aromatic rings. The molecule has 1 saturated carbocycles. The molecular formula is C18H23NO6. The van der Waals surface area contributed by atoms with Crippen LogP contribution in [0, 0.1) is 5.92 Å². The summed E-state index contributed by atoms with van der Waals surface area (Å²) in [4.78, 5) is 34.8. The Morgan fingerprint density at radius 3 is 2.40 bits per heavy atom. The summed E-state index contributed by atoms with van der Waals surface area (Å²) in [6, 6.07) is 8.11. The maximum absolute atomic E-state index is 12.0. The van der Waals surface area contributed by atoms with Crippen molar-refractivity contribution in [1.82, 2.24) is 5.32 Å². The molecule has 7 heteroatoms.